The summed E-state index contributed by atoms with van der Waals surface area (Å²) in [5, 5.41) is 8.34. The average molecular weight is 260 g/mol. The highest BCUT2D eigenvalue weighted by Gasteiger charge is 2.28. The van der Waals surface area contributed by atoms with Gasteiger partial charge in [-0.15, -0.1) is 0 Å². The summed E-state index contributed by atoms with van der Waals surface area (Å²) >= 11 is 0. The summed E-state index contributed by atoms with van der Waals surface area (Å²) in [5.41, 5.74) is 5.67. The highest BCUT2D eigenvalue weighted by atomic mass is 16.1. The predicted molar refractivity (Wildman–Crippen MR) is 68.4 cm³/mol. The SMILES string of the molecule is NC(=O)c1cnn(C2CN(CCn3cccn3)C2)c1. The molecule has 0 saturated carbocycles. The van der Waals surface area contributed by atoms with E-state index in [4.69, 9.17) is 5.73 Å². The number of nitrogens with zero attached hydrogens (tertiary/aromatic N) is 5. The fourth-order valence-electron chi connectivity index (χ4n) is 2.23. The lowest BCUT2D eigenvalue weighted by Gasteiger charge is -2.39. The molecule has 19 heavy (non-hydrogen) atoms. The number of hydrogen-bond acceptors (Lipinski definition) is 4. The summed E-state index contributed by atoms with van der Waals surface area (Å²) < 4.78 is 3.75. The van der Waals surface area contributed by atoms with Crippen molar-refractivity contribution in [2.24, 2.45) is 5.73 Å². The Balaban J connectivity index is 1.48. The first kappa shape index (κ1) is 11.9. The molecule has 0 aromatic carbocycles. The largest absolute Gasteiger partial charge is 0.366 e. The topological polar surface area (TPSA) is 82.0 Å². The van der Waals surface area contributed by atoms with Gasteiger partial charge in [0.2, 0.25) is 0 Å². The zero-order chi connectivity index (χ0) is 13.2. The van der Waals surface area contributed by atoms with E-state index in [0.29, 0.717) is 11.6 Å². The summed E-state index contributed by atoms with van der Waals surface area (Å²) in [7, 11) is 0. The Bertz CT molecular complexity index is 555. The van der Waals surface area contributed by atoms with E-state index >= 15 is 0 Å². The van der Waals surface area contributed by atoms with Crippen molar-refractivity contribution in [3.05, 3.63) is 36.4 Å². The lowest BCUT2D eigenvalue weighted by atomic mass is 10.1. The van der Waals surface area contributed by atoms with E-state index in [1.165, 1.54) is 6.20 Å². The molecule has 7 nitrogen and oxygen atoms in total. The van der Waals surface area contributed by atoms with Crippen molar-refractivity contribution < 1.29 is 4.79 Å². The van der Waals surface area contributed by atoms with Crippen LogP contribution in [0.3, 0.4) is 0 Å². The molecule has 0 aliphatic carbocycles. The maximum absolute atomic E-state index is 11.0. The van der Waals surface area contributed by atoms with Crippen LogP contribution in [0.4, 0.5) is 0 Å². The third-order valence-corrected chi connectivity index (χ3v) is 3.40. The maximum Gasteiger partial charge on any atom is 0.251 e. The minimum Gasteiger partial charge on any atom is -0.366 e. The minimum absolute atomic E-state index is 0.339. The summed E-state index contributed by atoms with van der Waals surface area (Å²) in [6, 6.07) is 2.26. The van der Waals surface area contributed by atoms with Crippen LogP contribution in [0, 0.1) is 0 Å². The van der Waals surface area contributed by atoms with Gasteiger partial charge in [-0.3, -0.25) is 19.1 Å². The van der Waals surface area contributed by atoms with Crippen molar-refractivity contribution in [1.82, 2.24) is 24.5 Å². The van der Waals surface area contributed by atoms with Gasteiger partial charge in [-0.25, -0.2) is 0 Å². The van der Waals surface area contributed by atoms with Crippen LogP contribution in [-0.4, -0.2) is 50.0 Å². The molecule has 0 spiro atoms. The van der Waals surface area contributed by atoms with Gasteiger partial charge in [-0.2, -0.15) is 10.2 Å². The van der Waals surface area contributed by atoms with Crippen LogP contribution < -0.4 is 5.73 Å². The Labute approximate surface area is 110 Å². The van der Waals surface area contributed by atoms with Crippen LogP contribution in [0.15, 0.2) is 30.9 Å². The van der Waals surface area contributed by atoms with Gasteiger partial charge in [-0.1, -0.05) is 0 Å². The quantitative estimate of drug-likeness (QED) is 0.802. The molecule has 1 aliphatic rings. The minimum atomic E-state index is -0.430. The smallest absolute Gasteiger partial charge is 0.251 e. The Kier molecular flexibility index (Phi) is 3.04. The van der Waals surface area contributed by atoms with Crippen molar-refractivity contribution in [2.75, 3.05) is 19.6 Å². The number of carbonyl (C=O) groups excluding carboxylic acids is 1. The maximum atomic E-state index is 11.0. The molecular formula is C12H16N6O. The molecule has 0 atom stereocenters. The van der Waals surface area contributed by atoms with Gasteiger partial charge in [0.1, 0.15) is 0 Å². The molecule has 3 heterocycles. The van der Waals surface area contributed by atoms with Crippen LogP contribution in [0.25, 0.3) is 0 Å². The number of hydrogen-bond donors (Lipinski definition) is 1. The number of likely N-dealkylation sites (tertiary alicyclic amines) is 1. The Morgan fingerprint density at radius 2 is 2.21 bits per heavy atom. The summed E-state index contributed by atoms with van der Waals surface area (Å²) in [4.78, 5) is 13.3. The molecule has 0 bridgehead atoms. The average Bonchev–Trinajstić information content (AvgIpc) is 2.96. The zero-order valence-corrected chi connectivity index (χ0v) is 10.5. The van der Waals surface area contributed by atoms with Crippen molar-refractivity contribution >= 4 is 5.91 Å². The van der Waals surface area contributed by atoms with Crippen molar-refractivity contribution in [1.29, 1.82) is 0 Å². The van der Waals surface area contributed by atoms with E-state index in [0.717, 1.165) is 26.2 Å². The molecule has 0 unspecified atom stereocenters. The van der Waals surface area contributed by atoms with Gasteiger partial charge >= 0.3 is 0 Å². The first-order chi connectivity index (χ1) is 9.22. The third-order valence-electron chi connectivity index (χ3n) is 3.40. The Morgan fingerprint density at radius 3 is 2.84 bits per heavy atom. The van der Waals surface area contributed by atoms with E-state index in [9.17, 15) is 4.79 Å². The molecule has 0 radical (unpaired) electrons. The number of amides is 1. The van der Waals surface area contributed by atoms with Crippen molar-refractivity contribution in [2.45, 2.75) is 12.6 Å². The third kappa shape index (κ3) is 2.50. The standard InChI is InChI=1S/C12H16N6O/c13-12(19)10-6-15-18(7-10)11-8-16(9-11)4-5-17-3-1-2-14-17/h1-3,6-7,11H,4-5,8-9H2,(H2,13,19). The van der Waals surface area contributed by atoms with Gasteiger partial charge in [0.25, 0.3) is 5.91 Å². The van der Waals surface area contributed by atoms with Crippen molar-refractivity contribution in [3.8, 4) is 0 Å². The normalized spacial score (nSPS) is 16.4. The molecule has 2 N–H and O–H groups in total. The fraction of sp³-hybridized carbons (Fsp3) is 0.417. The second kappa shape index (κ2) is 4.85. The molecular weight excluding hydrogens is 244 g/mol. The lowest BCUT2D eigenvalue weighted by Crippen LogP contribution is -2.48. The molecule has 1 fully saturated rings. The summed E-state index contributed by atoms with van der Waals surface area (Å²) in [5.74, 6) is -0.430. The van der Waals surface area contributed by atoms with E-state index in [1.807, 2.05) is 21.6 Å². The summed E-state index contributed by atoms with van der Waals surface area (Å²) in [6.07, 6.45) is 6.99. The highest BCUT2D eigenvalue weighted by Crippen LogP contribution is 2.20. The van der Waals surface area contributed by atoms with Crippen LogP contribution in [0.1, 0.15) is 16.4 Å². The van der Waals surface area contributed by atoms with Crippen LogP contribution in [0.5, 0.6) is 0 Å². The number of primary amides is 1. The number of aromatic nitrogens is 4. The van der Waals surface area contributed by atoms with Gasteiger partial charge < -0.3 is 5.73 Å². The van der Waals surface area contributed by atoms with E-state index in [1.54, 1.807) is 12.4 Å². The Morgan fingerprint density at radius 1 is 1.37 bits per heavy atom. The molecule has 3 rings (SSSR count). The molecule has 7 heteroatoms. The lowest BCUT2D eigenvalue weighted by molar-refractivity contribution is 0.0930. The molecule has 2 aromatic rings. The second-order valence-corrected chi connectivity index (χ2v) is 4.76. The van der Waals surface area contributed by atoms with Gasteiger partial charge in [0, 0.05) is 38.2 Å². The van der Waals surface area contributed by atoms with E-state index < -0.39 is 5.91 Å². The van der Waals surface area contributed by atoms with E-state index in [-0.39, 0.29) is 0 Å². The fourth-order valence-corrected chi connectivity index (χ4v) is 2.23. The number of nitrogens with two attached hydrogens (primary N) is 1. The molecule has 2 aromatic heterocycles. The second-order valence-electron chi connectivity index (χ2n) is 4.76. The van der Waals surface area contributed by atoms with Gasteiger partial charge in [0.05, 0.1) is 24.3 Å². The van der Waals surface area contributed by atoms with E-state index in [2.05, 4.69) is 15.1 Å². The van der Waals surface area contributed by atoms with Crippen LogP contribution >= 0.6 is 0 Å². The van der Waals surface area contributed by atoms with Crippen molar-refractivity contribution in [3.63, 3.8) is 0 Å². The number of rotatable bonds is 5. The van der Waals surface area contributed by atoms with Crippen LogP contribution in [0.2, 0.25) is 0 Å². The van der Waals surface area contributed by atoms with Gasteiger partial charge in [0.15, 0.2) is 0 Å². The highest BCUT2D eigenvalue weighted by molar-refractivity contribution is 5.92. The molecule has 100 valence electrons. The number of carbonyl (C=O) groups is 1. The zero-order valence-electron chi connectivity index (χ0n) is 10.5. The first-order valence-electron chi connectivity index (χ1n) is 6.26. The summed E-state index contributed by atoms with van der Waals surface area (Å²) in [6.45, 7) is 3.76. The Hall–Kier alpha value is -2.15. The predicted octanol–water partition coefficient (Wildman–Crippen LogP) is -0.265. The first-order valence-corrected chi connectivity index (χ1v) is 6.26. The molecule has 1 amide bonds. The monoisotopic (exact) mass is 260 g/mol. The molecule has 1 aliphatic heterocycles. The van der Waals surface area contributed by atoms with Crippen LogP contribution in [-0.2, 0) is 6.54 Å². The molecule has 1 saturated heterocycles. The van der Waals surface area contributed by atoms with Gasteiger partial charge in [-0.05, 0) is 6.07 Å².